The minimum absolute atomic E-state index is 0.0284. The Hall–Kier alpha value is -3.87. The molecule has 1 aliphatic rings. The summed E-state index contributed by atoms with van der Waals surface area (Å²) in [4.78, 5) is 33.5. The minimum Gasteiger partial charge on any atom is -0.493 e. The number of likely N-dealkylation sites (tertiary alicyclic amines) is 1. The van der Waals surface area contributed by atoms with Gasteiger partial charge in [0, 0.05) is 36.7 Å². The predicted octanol–water partition coefficient (Wildman–Crippen LogP) is 3.65. The second-order valence-corrected chi connectivity index (χ2v) is 7.96. The molecule has 0 saturated carbocycles. The quantitative estimate of drug-likeness (QED) is 0.389. The van der Waals surface area contributed by atoms with Gasteiger partial charge < -0.3 is 19.9 Å². The molecule has 0 spiro atoms. The molecule has 0 aliphatic carbocycles. The third-order valence-corrected chi connectivity index (χ3v) is 5.53. The van der Waals surface area contributed by atoms with Gasteiger partial charge in [-0.15, -0.1) is 0 Å². The van der Waals surface area contributed by atoms with E-state index in [0.717, 1.165) is 29.0 Å². The standard InChI is InChI=1S/C26H28N4O3/c1-2-21-14-19(11-12-27-21)20-15-24(26(32)28-16-20)29-22-17-30(18-22)25(31)10-6-7-13-33-23-8-4-3-5-9-23/h3-6,8-12,14-16,22,29H,2,7,13,17-18H2,1H3,(H,28,32)/b10-6+. The molecule has 7 heteroatoms. The van der Waals surface area contributed by atoms with Crippen molar-refractivity contribution in [2.45, 2.75) is 25.8 Å². The zero-order valence-electron chi connectivity index (χ0n) is 18.7. The molecule has 7 nitrogen and oxygen atoms in total. The van der Waals surface area contributed by atoms with Crippen LogP contribution in [0.15, 0.2) is 77.9 Å². The lowest BCUT2D eigenvalue weighted by molar-refractivity contribution is -0.129. The molecule has 170 valence electrons. The van der Waals surface area contributed by atoms with E-state index >= 15 is 0 Å². The fourth-order valence-electron chi connectivity index (χ4n) is 3.63. The van der Waals surface area contributed by atoms with Crippen molar-refractivity contribution in [2.75, 3.05) is 25.0 Å². The van der Waals surface area contributed by atoms with Gasteiger partial charge >= 0.3 is 0 Å². The molecule has 1 saturated heterocycles. The average Bonchev–Trinajstić information content (AvgIpc) is 2.82. The Morgan fingerprint density at radius 3 is 2.82 bits per heavy atom. The Morgan fingerprint density at radius 2 is 2.03 bits per heavy atom. The summed E-state index contributed by atoms with van der Waals surface area (Å²) in [5, 5.41) is 3.27. The van der Waals surface area contributed by atoms with Crippen LogP contribution in [0.1, 0.15) is 19.0 Å². The summed E-state index contributed by atoms with van der Waals surface area (Å²) >= 11 is 0. The summed E-state index contributed by atoms with van der Waals surface area (Å²) in [5.41, 5.74) is 3.26. The van der Waals surface area contributed by atoms with Gasteiger partial charge in [0.1, 0.15) is 11.4 Å². The molecule has 3 aromatic rings. The van der Waals surface area contributed by atoms with Crippen LogP contribution in [0.25, 0.3) is 11.1 Å². The van der Waals surface area contributed by atoms with Gasteiger partial charge in [-0.05, 0) is 54.8 Å². The van der Waals surface area contributed by atoms with E-state index in [1.807, 2.05) is 54.6 Å². The highest BCUT2D eigenvalue weighted by Gasteiger charge is 2.29. The molecule has 1 amide bonds. The Labute approximate surface area is 193 Å². The normalized spacial score (nSPS) is 13.7. The molecule has 0 atom stereocenters. The van der Waals surface area contributed by atoms with Crippen LogP contribution in [0.2, 0.25) is 0 Å². The molecular formula is C26H28N4O3. The predicted molar refractivity (Wildman–Crippen MR) is 129 cm³/mol. The number of hydrogen-bond donors (Lipinski definition) is 2. The summed E-state index contributed by atoms with van der Waals surface area (Å²) in [6.07, 6.45) is 8.43. The summed E-state index contributed by atoms with van der Waals surface area (Å²) in [7, 11) is 0. The third-order valence-electron chi connectivity index (χ3n) is 5.53. The first-order valence-electron chi connectivity index (χ1n) is 11.2. The van der Waals surface area contributed by atoms with Gasteiger partial charge in [0.05, 0.1) is 12.6 Å². The maximum Gasteiger partial charge on any atom is 0.271 e. The number of anilines is 1. The van der Waals surface area contributed by atoms with Crippen LogP contribution in [0, 0.1) is 0 Å². The second kappa shape index (κ2) is 10.6. The summed E-state index contributed by atoms with van der Waals surface area (Å²) in [5.74, 6) is 0.793. The number of hydrogen-bond acceptors (Lipinski definition) is 5. The average molecular weight is 445 g/mol. The van der Waals surface area contributed by atoms with Crippen molar-refractivity contribution in [3.05, 3.63) is 89.1 Å². The molecule has 1 aromatic carbocycles. The van der Waals surface area contributed by atoms with Crippen LogP contribution >= 0.6 is 0 Å². The summed E-state index contributed by atoms with van der Waals surface area (Å²) in [6.45, 7) is 3.70. The van der Waals surface area contributed by atoms with E-state index in [-0.39, 0.29) is 17.5 Å². The van der Waals surface area contributed by atoms with E-state index in [0.29, 0.717) is 31.8 Å². The maximum absolute atomic E-state index is 12.3. The largest absolute Gasteiger partial charge is 0.493 e. The van der Waals surface area contributed by atoms with Crippen molar-refractivity contribution in [2.24, 2.45) is 0 Å². The number of H-pyrrole nitrogens is 1. The summed E-state index contributed by atoms with van der Waals surface area (Å²) in [6, 6.07) is 15.5. The molecule has 33 heavy (non-hydrogen) atoms. The molecule has 2 N–H and O–H groups in total. The minimum atomic E-state index is -0.174. The molecule has 1 fully saturated rings. The van der Waals surface area contributed by atoms with Crippen LogP contribution in [-0.4, -0.2) is 46.5 Å². The van der Waals surface area contributed by atoms with E-state index < -0.39 is 0 Å². The second-order valence-electron chi connectivity index (χ2n) is 7.96. The van der Waals surface area contributed by atoms with Crippen LogP contribution in [0.4, 0.5) is 5.69 Å². The number of carbonyl (C=O) groups excluding carboxylic acids is 1. The number of nitrogens with zero attached hydrogens (tertiary/aromatic N) is 2. The molecule has 2 aromatic heterocycles. The molecule has 0 radical (unpaired) electrons. The number of pyridine rings is 2. The maximum atomic E-state index is 12.3. The number of amides is 1. The Kier molecular flexibility index (Phi) is 7.19. The van der Waals surface area contributed by atoms with E-state index in [1.165, 1.54) is 0 Å². The molecule has 0 bridgehead atoms. The first kappa shape index (κ1) is 22.3. The van der Waals surface area contributed by atoms with Crippen LogP contribution in [0.5, 0.6) is 5.75 Å². The summed E-state index contributed by atoms with van der Waals surface area (Å²) < 4.78 is 5.62. The molecular weight excluding hydrogens is 416 g/mol. The lowest BCUT2D eigenvalue weighted by Gasteiger charge is -2.39. The monoisotopic (exact) mass is 444 g/mol. The van der Waals surface area contributed by atoms with Crippen LogP contribution in [0.3, 0.4) is 0 Å². The Balaban J connectivity index is 1.25. The lowest BCUT2D eigenvalue weighted by Crippen LogP contribution is -2.57. The van der Waals surface area contributed by atoms with Crippen molar-refractivity contribution in [1.29, 1.82) is 0 Å². The van der Waals surface area contributed by atoms with Gasteiger partial charge in [0.25, 0.3) is 5.56 Å². The fourth-order valence-corrected chi connectivity index (χ4v) is 3.63. The van der Waals surface area contributed by atoms with Crippen LogP contribution in [-0.2, 0) is 11.2 Å². The highest BCUT2D eigenvalue weighted by Crippen LogP contribution is 2.22. The first-order chi connectivity index (χ1) is 16.1. The lowest BCUT2D eigenvalue weighted by atomic mass is 10.1. The van der Waals surface area contributed by atoms with E-state index in [1.54, 1.807) is 23.4 Å². The highest BCUT2D eigenvalue weighted by atomic mass is 16.5. The topological polar surface area (TPSA) is 87.3 Å². The zero-order chi connectivity index (χ0) is 23.0. The van der Waals surface area contributed by atoms with Gasteiger partial charge in [0.15, 0.2) is 0 Å². The molecule has 4 rings (SSSR count). The fraction of sp³-hybridized carbons (Fsp3) is 0.269. The van der Waals surface area contributed by atoms with E-state index in [4.69, 9.17) is 4.74 Å². The first-order valence-corrected chi connectivity index (χ1v) is 11.2. The number of rotatable bonds is 9. The van der Waals surface area contributed by atoms with Crippen molar-refractivity contribution in [3.8, 4) is 16.9 Å². The van der Waals surface area contributed by atoms with Crippen molar-refractivity contribution in [3.63, 3.8) is 0 Å². The third kappa shape index (κ3) is 5.88. The van der Waals surface area contributed by atoms with Crippen LogP contribution < -0.4 is 15.6 Å². The number of ether oxygens (including phenoxy) is 1. The number of para-hydroxylation sites is 1. The molecule has 1 aliphatic heterocycles. The number of carbonyl (C=O) groups is 1. The van der Waals surface area contributed by atoms with Gasteiger partial charge in [0.2, 0.25) is 5.91 Å². The Morgan fingerprint density at radius 1 is 1.21 bits per heavy atom. The van der Waals surface area contributed by atoms with E-state index in [9.17, 15) is 9.59 Å². The van der Waals surface area contributed by atoms with Gasteiger partial charge in [-0.2, -0.15) is 0 Å². The SMILES string of the molecule is CCc1cc(-c2c[nH]c(=O)c(NC3CN(C(=O)/C=C/CCOc4ccccc4)C3)c2)ccn1. The highest BCUT2D eigenvalue weighted by molar-refractivity contribution is 5.88. The smallest absolute Gasteiger partial charge is 0.271 e. The van der Waals surface area contributed by atoms with Gasteiger partial charge in [-0.3, -0.25) is 14.6 Å². The van der Waals surface area contributed by atoms with Crippen molar-refractivity contribution in [1.82, 2.24) is 14.9 Å². The van der Waals surface area contributed by atoms with Gasteiger partial charge in [-0.1, -0.05) is 31.2 Å². The van der Waals surface area contributed by atoms with Crippen molar-refractivity contribution >= 4 is 11.6 Å². The Bertz CT molecular complexity index is 1170. The van der Waals surface area contributed by atoms with Crippen molar-refractivity contribution < 1.29 is 9.53 Å². The van der Waals surface area contributed by atoms with E-state index in [2.05, 4.69) is 22.2 Å². The number of benzene rings is 1. The number of aromatic amines is 1. The zero-order valence-corrected chi connectivity index (χ0v) is 18.7. The number of nitrogens with one attached hydrogen (secondary N) is 2. The number of aromatic nitrogens is 2. The number of aryl methyl sites for hydroxylation is 1. The molecule has 0 unspecified atom stereocenters. The molecule has 3 heterocycles. The van der Waals surface area contributed by atoms with Gasteiger partial charge in [-0.25, -0.2) is 0 Å².